The molecular weight excluding hydrogens is 270 g/mol. The summed E-state index contributed by atoms with van der Waals surface area (Å²) in [6.07, 6.45) is 2.64. The summed E-state index contributed by atoms with van der Waals surface area (Å²) in [6, 6.07) is 18.9. The van der Waals surface area contributed by atoms with Crippen molar-refractivity contribution in [2.75, 3.05) is 27.2 Å². The second-order valence-corrected chi connectivity index (χ2v) is 6.01. The van der Waals surface area contributed by atoms with E-state index in [9.17, 15) is 0 Å². The molecule has 22 heavy (non-hydrogen) atoms. The first-order valence-electron chi connectivity index (χ1n) is 8.03. The molecule has 0 spiro atoms. The van der Waals surface area contributed by atoms with E-state index < -0.39 is 0 Å². The summed E-state index contributed by atoms with van der Waals surface area (Å²) in [4.78, 5) is 2.42. The lowest BCUT2D eigenvalue weighted by atomic mass is 9.90. The van der Waals surface area contributed by atoms with E-state index in [1.54, 1.807) is 7.11 Å². The highest BCUT2D eigenvalue weighted by atomic mass is 16.5. The molecule has 1 saturated heterocycles. The molecule has 1 aliphatic heterocycles. The maximum Gasteiger partial charge on any atom is 0.118 e. The molecule has 0 atom stereocenters. The van der Waals surface area contributed by atoms with Gasteiger partial charge in [-0.3, -0.25) is 0 Å². The summed E-state index contributed by atoms with van der Waals surface area (Å²) in [5.41, 5.74) is 2.78. The Hall–Kier alpha value is -1.80. The van der Waals surface area contributed by atoms with Gasteiger partial charge in [-0.1, -0.05) is 48.0 Å². The fraction of sp³-hybridized carbons (Fsp3) is 0.400. The monoisotopic (exact) mass is 297 g/mol. The van der Waals surface area contributed by atoms with Crippen molar-refractivity contribution in [1.29, 1.82) is 0 Å². The van der Waals surface area contributed by atoms with Crippen molar-refractivity contribution in [3.63, 3.8) is 0 Å². The Labute approximate surface area is 134 Å². The SMILES string of the molecule is CN1CCC(c2ccccc2)CC1.COc1ccc(C)cc1. The minimum atomic E-state index is 0.803. The predicted octanol–water partition coefficient (Wildman–Crippen LogP) is 4.50. The number of methoxy groups -OCH3 is 1. The number of hydrogen-bond donors (Lipinski definition) is 0. The second-order valence-electron chi connectivity index (χ2n) is 6.01. The van der Waals surface area contributed by atoms with Crippen LogP contribution in [0.25, 0.3) is 0 Å². The van der Waals surface area contributed by atoms with Crippen LogP contribution in [-0.4, -0.2) is 32.1 Å². The van der Waals surface area contributed by atoms with Gasteiger partial charge in [0.05, 0.1) is 7.11 Å². The van der Waals surface area contributed by atoms with Crippen LogP contribution in [0, 0.1) is 6.92 Å². The molecule has 2 heteroatoms. The van der Waals surface area contributed by atoms with Gasteiger partial charge in [0.15, 0.2) is 0 Å². The summed E-state index contributed by atoms with van der Waals surface area (Å²) >= 11 is 0. The molecule has 0 amide bonds. The van der Waals surface area contributed by atoms with Crippen molar-refractivity contribution in [3.05, 3.63) is 65.7 Å². The average Bonchev–Trinajstić information content (AvgIpc) is 2.58. The lowest BCUT2D eigenvalue weighted by Crippen LogP contribution is -2.29. The molecule has 2 nitrogen and oxygen atoms in total. The van der Waals surface area contributed by atoms with Gasteiger partial charge in [-0.15, -0.1) is 0 Å². The van der Waals surface area contributed by atoms with Gasteiger partial charge in [0.1, 0.15) is 5.75 Å². The topological polar surface area (TPSA) is 12.5 Å². The zero-order valence-corrected chi connectivity index (χ0v) is 14.0. The van der Waals surface area contributed by atoms with Crippen molar-refractivity contribution in [2.24, 2.45) is 0 Å². The zero-order chi connectivity index (χ0) is 15.8. The molecule has 2 aromatic rings. The van der Waals surface area contributed by atoms with E-state index in [0.717, 1.165) is 11.7 Å². The van der Waals surface area contributed by atoms with Crippen LogP contribution in [0.3, 0.4) is 0 Å². The number of likely N-dealkylation sites (tertiary alicyclic amines) is 1. The van der Waals surface area contributed by atoms with Crippen LogP contribution >= 0.6 is 0 Å². The number of hydrogen-bond acceptors (Lipinski definition) is 2. The maximum absolute atomic E-state index is 4.97. The smallest absolute Gasteiger partial charge is 0.118 e. The van der Waals surface area contributed by atoms with Gasteiger partial charge < -0.3 is 9.64 Å². The van der Waals surface area contributed by atoms with Gasteiger partial charge in [0.25, 0.3) is 0 Å². The summed E-state index contributed by atoms with van der Waals surface area (Å²) in [5.74, 6) is 1.72. The van der Waals surface area contributed by atoms with Crippen LogP contribution in [0.2, 0.25) is 0 Å². The van der Waals surface area contributed by atoms with Gasteiger partial charge in [0.2, 0.25) is 0 Å². The van der Waals surface area contributed by atoms with Crippen molar-refractivity contribution in [2.45, 2.75) is 25.7 Å². The van der Waals surface area contributed by atoms with E-state index in [1.807, 2.05) is 24.3 Å². The van der Waals surface area contributed by atoms with Gasteiger partial charge in [-0.25, -0.2) is 0 Å². The first-order chi connectivity index (χ1) is 10.7. The van der Waals surface area contributed by atoms with E-state index >= 15 is 0 Å². The number of rotatable bonds is 2. The molecule has 0 radical (unpaired) electrons. The molecule has 0 aliphatic carbocycles. The molecule has 0 unspecified atom stereocenters. The van der Waals surface area contributed by atoms with Crippen molar-refractivity contribution >= 4 is 0 Å². The quantitative estimate of drug-likeness (QED) is 0.809. The van der Waals surface area contributed by atoms with Crippen LogP contribution in [0.5, 0.6) is 5.75 Å². The number of piperidine rings is 1. The Bertz CT molecular complexity index is 527. The Balaban J connectivity index is 0.000000172. The molecule has 2 aromatic carbocycles. The highest BCUT2D eigenvalue weighted by Crippen LogP contribution is 2.26. The first kappa shape index (κ1) is 16.6. The molecule has 3 rings (SSSR count). The Kier molecular flexibility index (Phi) is 6.47. The first-order valence-corrected chi connectivity index (χ1v) is 8.03. The van der Waals surface area contributed by atoms with Crippen LogP contribution in [0.4, 0.5) is 0 Å². The molecule has 1 aliphatic rings. The minimum absolute atomic E-state index is 0.803. The third-order valence-electron chi connectivity index (χ3n) is 4.25. The summed E-state index contributed by atoms with van der Waals surface area (Å²) < 4.78 is 4.97. The van der Waals surface area contributed by atoms with E-state index in [1.165, 1.54) is 37.1 Å². The summed E-state index contributed by atoms with van der Waals surface area (Å²) in [7, 11) is 3.88. The summed E-state index contributed by atoms with van der Waals surface area (Å²) in [6.45, 7) is 4.55. The highest BCUT2D eigenvalue weighted by molar-refractivity contribution is 5.25. The van der Waals surface area contributed by atoms with Crippen LogP contribution in [0.1, 0.15) is 29.9 Å². The Morgan fingerprint density at radius 2 is 1.50 bits per heavy atom. The molecule has 1 fully saturated rings. The third-order valence-corrected chi connectivity index (χ3v) is 4.25. The lowest BCUT2D eigenvalue weighted by Gasteiger charge is -2.29. The van der Waals surface area contributed by atoms with Crippen molar-refractivity contribution in [1.82, 2.24) is 4.90 Å². The number of ether oxygens (including phenoxy) is 1. The van der Waals surface area contributed by atoms with E-state index in [2.05, 4.69) is 49.2 Å². The van der Waals surface area contributed by atoms with Gasteiger partial charge in [-0.2, -0.15) is 0 Å². The van der Waals surface area contributed by atoms with E-state index in [0.29, 0.717) is 0 Å². The van der Waals surface area contributed by atoms with Crippen LogP contribution in [0.15, 0.2) is 54.6 Å². The Morgan fingerprint density at radius 1 is 0.909 bits per heavy atom. The van der Waals surface area contributed by atoms with E-state index in [4.69, 9.17) is 4.74 Å². The zero-order valence-electron chi connectivity index (χ0n) is 14.0. The lowest BCUT2D eigenvalue weighted by molar-refractivity contribution is 0.255. The minimum Gasteiger partial charge on any atom is -0.497 e. The van der Waals surface area contributed by atoms with Gasteiger partial charge in [0, 0.05) is 0 Å². The molecule has 0 aromatic heterocycles. The van der Waals surface area contributed by atoms with Crippen molar-refractivity contribution < 1.29 is 4.74 Å². The Morgan fingerprint density at radius 3 is 2.05 bits per heavy atom. The van der Waals surface area contributed by atoms with Gasteiger partial charge in [-0.05, 0) is 63.5 Å². The standard InChI is InChI=1S/C12H17N.C8H10O/c1-13-9-7-12(8-10-13)11-5-3-2-4-6-11;1-7-3-5-8(9-2)6-4-7/h2-6,12H,7-10H2,1H3;3-6H,1-2H3. The summed E-state index contributed by atoms with van der Waals surface area (Å²) in [5, 5.41) is 0. The normalized spacial score (nSPS) is 15.8. The second kappa shape index (κ2) is 8.60. The molecular formula is C20H27NO. The third kappa shape index (κ3) is 5.19. The average molecular weight is 297 g/mol. The molecule has 0 N–H and O–H groups in total. The fourth-order valence-electron chi connectivity index (χ4n) is 2.74. The number of benzene rings is 2. The largest absolute Gasteiger partial charge is 0.497 e. The van der Waals surface area contributed by atoms with Crippen LogP contribution < -0.4 is 4.74 Å². The van der Waals surface area contributed by atoms with Crippen LogP contribution in [-0.2, 0) is 0 Å². The van der Waals surface area contributed by atoms with Crippen molar-refractivity contribution in [3.8, 4) is 5.75 Å². The molecule has 0 bridgehead atoms. The maximum atomic E-state index is 4.97. The number of nitrogens with zero attached hydrogens (tertiary/aromatic N) is 1. The fourth-order valence-corrected chi connectivity index (χ4v) is 2.74. The highest BCUT2D eigenvalue weighted by Gasteiger charge is 2.17. The number of aryl methyl sites for hydroxylation is 1. The molecule has 118 valence electrons. The van der Waals surface area contributed by atoms with E-state index in [-0.39, 0.29) is 0 Å². The van der Waals surface area contributed by atoms with Gasteiger partial charge >= 0.3 is 0 Å². The molecule has 0 saturated carbocycles. The molecule has 1 heterocycles. The predicted molar refractivity (Wildman–Crippen MR) is 93.6 cm³/mol.